The molecule has 0 amide bonds. The molecule has 98 valence electrons. The van der Waals surface area contributed by atoms with Gasteiger partial charge in [-0.2, -0.15) is 0 Å². The van der Waals surface area contributed by atoms with Crippen LogP contribution in [0.25, 0.3) is 0 Å². The molecule has 0 saturated carbocycles. The predicted molar refractivity (Wildman–Crippen MR) is 90.8 cm³/mol. The molecule has 0 nitrogen and oxygen atoms in total. The first-order valence-corrected chi connectivity index (χ1v) is 7.91. The highest BCUT2D eigenvalue weighted by Crippen LogP contribution is 2.42. The van der Waals surface area contributed by atoms with Crippen LogP contribution < -0.4 is 10.6 Å². The summed E-state index contributed by atoms with van der Waals surface area (Å²) in [6.07, 6.45) is 11.8. The van der Waals surface area contributed by atoms with Crippen molar-refractivity contribution in [3.63, 3.8) is 0 Å². The fraction of sp³-hybridized carbons (Fsp3) is 0.0526. The Hall–Kier alpha value is -2.09. The van der Waals surface area contributed by atoms with E-state index < -0.39 is 7.92 Å². The minimum atomic E-state index is -0.652. The Morgan fingerprint density at radius 1 is 0.950 bits per heavy atom. The van der Waals surface area contributed by atoms with Crippen LogP contribution >= 0.6 is 7.92 Å². The lowest BCUT2D eigenvalue weighted by atomic mass is 10.4. The number of terminal acetylenes is 1. The average Bonchev–Trinajstić information content (AvgIpc) is 2.53. The molecule has 0 fully saturated rings. The molecule has 0 unspecified atom stereocenters. The molecule has 0 aliphatic carbocycles. The lowest BCUT2D eigenvalue weighted by Gasteiger charge is -2.18. The highest BCUT2D eigenvalue weighted by Gasteiger charge is 2.16. The first kappa shape index (κ1) is 14.3. The predicted octanol–water partition coefficient (Wildman–Crippen LogP) is 4.21. The molecule has 20 heavy (non-hydrogen) atoms. The topological polar surface area (TPSA) is 0 Å². The molecule has 0 spiro atoms. The number of benzene rings is 2. The molecular weight excluding hydrogens is 259 g/mol. The van der Waals surface area contributed by atoms with Gasteiger partial charge in [-0.25, -0.2) is 0 Å². The van der Waals surface area contributed by atoms with E-state index in [0.29, 0.717) is 0 Å². The Bertz CT molecular complexity index is 591. The second kappa shape index (κ2) is 7.49. The van der Waals surface area contributed by atoms with E-state index in [1.807, 2.05) is 37.3 Å². The maximum absolute atomic E-state index is 5.75. The molecule has 2 aromatic rings. The van der Waals surface area contributed by atoms with Gasteiger partial charge in [-0.15, -0.1) is 6.42 Å². The van der Waals surface area contributed by atoms with Gasteiger partial charge in [0.2, 0.25) is 0 Å². The van der Waals surface area contributed by atoms with Crippen molar-refractivity contribution in [3.8, 4) is 12.3 Å². The number of rotatable bonds is 4. The van der Waals surface area contributed by atoms with Crippen LogP contribution in [-0.4, -0.2) is 0 Å². The maximum atomic E-state index is 5.75. The quantitative estimate of drug-likeness (QED) is 0.446. The minimum absolute atomic E-state index is 0.652. The molecular formula is C19H17P. The molecule has 0 heterocycles. The van der Waals surface area contributed by atoms with E-state index >= 15 is 0 Å². The van der Waals surface area contributed by atoms with Crippen LogP contribution in [0.4, 0.5) is 0 Å². The van der Waals surface area contributed by atoms with Gasteiger partial charge >= 0.3 is 0 Å². The van der Waals surface area contributed by atoms with E-state index in [4.69, 9.17) is 6.42 Å². The molecule has 0 saturated heterocycles. The molecule has 0 N–H and O–H groups in total. The van der Waals surface area contributed by atoms with Gasteiger partial charge in [0.05, 0.1) is 0 Å². The Morgan fingerprint density at radius 3 is 1.85 bits per heavy atom. The van der Waals surface area contributed by atoms with E-state index in [2.05, 4.69) is 54.5 Å². The summed E-state index contributed by atoms with van der Waals surface area (Å²) in [6, 6.07) is 20.9. The first-order valence-electron chi connectivity index (χ1n) is 6.56. The van der Waals surface area contributed by atoms with Gasteiger partial charge in [0.25, 0.3) is 0 Å². The van der Waals surface area contributed by atoms with Gasteiger partial charge < -0.3 is 0 Å². The third-order valence-corrected chi connectivity index (χ3v) is 5.25. The molecule has 0 radical (unpaired) electrons. The van der Waals surface area contributed by atoms with Crippen molar-refractivity contribution < 1.29 is 0 Å². The van der Waals surface area contributed by atoms with Crippen LogP contribution in [0, 0.1) is 12.3 Å². The minimum Gasteiger partial charge on any atom is -0.115 e. The van der Waals surface area contributed by atoms with Gasteiger partial charge in [-0.3, -0.25) is 0 Å². The fourth-order valence-electron chi connectivity index (χ4n) is 1.96. The SMILES string of the molecule is C#C/C(=C\C=C/C)P(c1ccccc1)c1ccccc1. The van der Waals surface area contributed by atoms with Crippen molar-refractivity contribution >= 4 is 18.5 Å². The molecule has 0 atom stereocenters. The summed E-state index contributed by atoms with van der Waals surface area (Å²) in [4.78, 5) is 0. The van der Waals surface area contributed by atoms with Gasteiger partial charge in [-0.05, 0) is 31.5 Å². The lowest BCUT2D eigenvalue weighted by Crippen LogP contribution is -2.12. The van der Waals surface area contributed by atoms with Crippen LogP contribution in [0.3, 0.4) is 0 Å². The molecule has 2 aromatic carbocycles. The third-order valence-electron chi connectivity index (χ3n) is 2.86. The number of allylic oxidation sites excluding steroid dienone is 4. The highest BCUT2D eigenvalue weighted by molar-refractivity contribution is 7.77. The van der Waals surface area contributed by atoms with Crippen molar-refractivity contribution in [3.05, 3.63) is 84.2 Å². The average molecular weight is 276 g/mol. The summed E-state index contributed by atoms with van der Waals surface area (Å²) in [7, 11) is -0.652. The smallest absolute Gasteiger partial charge is 0.0342 e. The van der Waals surface area contributed by atoms with Crippen LogP contribution in [-0.2, 0) is 0 Å². The number of hydrogen-bond donors (Lipinski definition) is 0. The van der Waals surface area contributed by atoms with Crippen molar-refractivity contribution in [2.75, 3.05) is 0 Å². The number of hydrogen-bond acceptors (Lipinski definition) is 0. The van der Waals surface area contributed by atoms with Gasteiger partial charge in [-0.1, -0.05) is 78.7 Å². The first-order chi connectivity index (χ1) is 9.86. The van der Waals surface area contributed by atoms with Crippen molar-refractivity contribution in [2.24, 2.45) is 0 Å². The zero-order valence-electron chi connectivity index (χ0n) is 11.5. The Balaban J connectivity index is 2.53. The normalized spacial score (nSPS) is 11.8. The van der Waals surface area contributed by atoms with Crippen molar-refractivity contribution in [2.45, 2.75) is 6.92 Å². The molecule has 0 aliphatic rings. The summed E-state index contributed by atoms with van der Waals surface area (Å²) < 4.78 is 0. The summed E-state index contributed by atoms with van der Waals surface area (Å²) in [5, 5.41) is 3.60. The van der Waals surface area contributed by atoms with Gasteiger partial charge in [0.15, 0.2) is 0 Å². The molecule has 0 aliphatic heterocycles. The highest BCUT2D eigenvalue weighted by atomic mass is 31.1. The summed E-state index contributed by atoms with van der Waals surface area (Å²) in [5.41, 5.74) is 0. The second-order valence-corrected chi connectivity index (χ2v) is 6.41. The van der Waals surface area contributed by atoms with Gasteiger partial charge in [0.1, 0.15) is 0 Å². The largest absolute Gasteiger partial charge is 0.115 e. The van der Waals surface area contributed by atoms with E-state index in [0.717, 1.165) is 5.31 Å². The van der Waals surface area contributed by atoms with Crippen LogP contribution in [0.5, 0.6) is 0 Å². The van der Waals surface area contributed by atoms with Crippen LogP contribution in [0.15, 0.2) is 84.2 Å². The Labute approximate surface area is 122 Å². The monoisotopic (exact) mass is 276 g/mol. The summed E-state index contributed by atoms with van der Waals surface area (Å²) in [5.74, 6) is 2.87. The summed E-state index contributed by atoms with van der Waals surface area (Å²) in [6.45, 7) is 2.00. The zero-order chi connectivity index (χ0) is 14.2. The van der Waals surface area contributed by atoms with Crippen LogP contribution in [0.2, 0.25) is 0 Å². The van der Waals surface area contributed by atoms with E-state index in [9.17, 15) is 0 Å². The van der Waals surface area contributed by atoms with Gasteiger partial charge in [0, 0.05) is 5.31 Å². The molecule has 1 heteroatoms. The molecule has 0 aromatic heterocycles. The Morgan fingerprint density at radius 2 is 1.45 bits per heavy atom. The fourth-order valence-corrected chi connectivity index (χ4v) is 4.12. The summed E-state index contributed by atoms with van der Waals surface area (Å²) >= 11 is 0. The van der Waals surface area contributed by atoms with E-state index in [1.165, 1.54) is 10.6 Å². The zero-order valence-corrected chi connectivity index (χ0v) is 12.4. The van der Waals surface area contributed by atoms with Crippen LogP contribution in [0.1, 0.15) is 6.92 Å². The third kappa shape index (κ3) is 3.47. The lowest BCUT2D eigenvalue weighted by molar-refractivity contribution is 1.72. The molecule has 0 bridgehead atoms. The van der Waals surface area contributed by atoms with E-state index in [1.54, 1.807) is 0 Å². The standard InChI is InChI=1S/C19H17P/c1-3-5-12-17(4-2)20(18-13-8-6-9-14-18)19-15-10-7-11-16-19/h2-3,5-16H,1H3/b5-3-,17-12+. The Kier molecular flexibility index (Phi) is 5.36. The van der Waals surface area contributed by atoms with Crippen molar-refractivity contribution in [1.29, 1.82) is 0 Å². The van der Waals surface area contributed by atoms with Crippen molar-refractivity contribution in [1.82, 2.24) is 0 Å². The maximum Gasteiger partial charge on any atom is 0.0342 e. The van der Waals surface area contributed by atoms with E-state index in [-0.39, 0.29) is 0 Å². The second-order valence-electron chi connectivity index (χ2n) is 4.23. The molecule has 2 rings (SSSR count).